The van der Waals surface area contributed by atoms with Crippen molar-refractivity contribution in [3.05, 3.63) is 41.6 Å². The number of ketones is 1. The first-order valence-electron chi connectivity index (χ1n) is 7.34. The van der Waals surface area contributed by atoms with Crippen LogP contribution in [0, 0.1) is 0 Å². The van der Waals surface area contributed by atoms with Crippen molar-refractivity contribution in [3.63, 3.8) is 0 Å². The van der Waals surface area contributed by atoms with E-state index in [1.807, 2.05) is 19.2 Å². The smallest absolute Gasteiger partial charge is 0.209 e. The van der Waals surface area contributed by atoms with Crippen molar-refractivity contribution in [1.29, 1.82) is 0 Å². The lowest BCUT2D eigenvalue weighted by atomic mass is 9.83. The van der Waals surface area contributed by atoms with Crippen LogP contribution in [0.15, 0.2) is 41.2 Å². The number of hydrogen-bond donors (Lipinski definition) is 0. The van der Waals surface area contributed by atoms with Crippen LogP contribution in [-0.2, 0) is 17.3 Å². The van der Waals surface area contributed by atoms with Gasteiger partial charge in [-0.3, -0.25) is 4.79 Å². The molecule has 0 saturated heterocycles. The molecule has 0 N–H and O–H groups in total. The third-order valence-electron chi connectivity index (χ3n) is 4.16. The van der Waals surface area contributed by atoms with Gasteiger partial charge < -0.3 is 4.90 Å². The molecular weight excluding hydrogens is 310 g/mol. The largest absolute Gasteiger partial charge is 0.347 e. The van der Waals surface area contributed by atoms with Gasteiger partial charge in [-0.2, -0.15) is 0 Å². The van der Waals surface area contributed by atoms with Crippen molar-refractivity contribution in [2.45, 2.75) is 24.4 Å². The maximum atomic E-state index is 12.4. The second-order valence-electron chi connectivity index (χ2n) is 6.07. The number of allylic oxidation sites excluding steroid dienone is 2. The molecule has 0 radical (unpaired) electrons. The first kappa shape index (κ1) is 15.7. The fraction of sp³-hybridized carbons (Fsp3) is 0.375. The van der Waals surface area contributed by atoms with E-state index in [0.717, 1.165) is 11.4 Å². The summed E-state index contributed by atoms with van der Waals surface area (Å²) in [4.78, 5) is 14.5. The van der Waals surface area contributed by atoms with Gasteiger partial charge in [-0.15, -0.1) is 5.10 Å². The molecule has 7 heteroatoms. The normalized spacial score (nSPS) is 17.6. The summed E-state index contributed by atoms with van der Waals surface area (Å²) in [5.41, 5.74) is 3.23. The molecule has 1 aliphatic rings. The molecular formula is C16H19N5OS. The first-order valence-corrected chi connectivity index (χ1v) is 8.33. The van der Waals surface area contributed by atoms with E-state index in [1.165, 1.54) is 17.3 Å². The molecule has 120 valence electrons. The zero-order valence-corrected chi connectivity index (χ0v) is 14.5. The molecule has 0 bridgehead atoms. The number of carbonyl (C=O) groups excluding carboxylic acids is 1. The molecule has 0 atom stereocenters. The number of tetrazole rings is 1. The number of anilines is 1. The number of para-hydroxylation sites is 1. The Kier molecular flexibility index (Phi) is 3.97. The summed E-state index contributed by atoms with van der Waals surface area (Å²) in [6.45, 7) is 4.29. The average molecular weight is 329 g/mol. The fourth-order valence-corrected chi connectivity index (χ4v) is 3.60. The highest BCUT2D eigenvalue weighted by molar-refractivity contribution is 7.99. The van der Waals surface area contributed by atoms with E-state index in [0.29, 0.717) is 10.9 Å². The zero-order valence-electron chi connectivity index (χ0n) is 13.6. The Morgan fingerprint density at radius 3 is 2.70 bits per heavy atom. The molecule has 0 unspecified atom stereocenters. The third kappa shape index (κ3) is 2.76. The summed E-state index contributed by atoms with van der Waals surface area (Å²) >= 11 is 1.34. The number of aromatic nitrogens is 4. The molecule has 2 aromatic rings. The van der Waals surface area contributed by atoms with Crippen LogP contribution in [0.3, 0.4) is 0 Å². The number of thioether (sulfide) groups is 1. The van der Waals surface area contributed by atoms with Gasteiger partial charge in [0.1, 0.15) is 0 Å². The Balaban J connectivity index is 1.80. The minimum atomic E-state index is -0.183. The topological polar surface area (TPSA) is 63.9 Å². The molecule has 0 aliphatic carbocycles. The Hall–Kier alpha value is -2.15. The fourth-order valence-electron chi connectivity index (χ4n) is 2.93. The van der Waals surface area contributed by atoms with E-state index in [9.17, 15) is 4.79 Å². The standard InChI is InChI=1S/C16H19N5OS/c1-16(2)12-7-5-6-8-13(12)20(3)14(16)9-11(22)10-23-15-17-18-19-21(15)4/h5-9H,10H2,1-4H3. The SMILES string of the molecule is CN1C(=CC(=O)CSc2nnnn2C)C(C)(C)c2ccccc21. The van der Waals surface area contributed by atoms with Crippen LogP contribution in [0.25, 0.3) is 0 Å². The molecule has 1 aromatic carbocycles. The van der Waals surface area contributed by atoms with Crippen molar-refractivity contribution >= 4 is 23.2 Å². The molecule has 0 saturated carbocycles. The minimum Gasteiger partial charge on any atom is -0.347 e. The minimum absolute atomic E-state index is 0.0562. The highest BCUT2D eigenvalue weighted by atomic mass is 32.2. The van der Waals surface area contributed by atoms with Crippen LogP contribution >= 0.6 is 11.8 Å². The van der Waals surface area contributed by atoms with Crippen LogP contribution in [0.1, 0.15) is 19.4 Å². The Bertz CT molecular complexity index is 780. The second kappa shape index (κ2) is 5.81. The number of fused-ring (bicyclic) bond motifs is 1. The summed E-state index contributed by atoms with van der Waals surface area (Å²) in [5, 5.41) is 11.8. The van der Waals surface area contributed by atoms with E-state index in [4.69, 9.17) is 0 Å². The molecule has 1 aliphatic heterocycles. The van der Waals surface area contributed by atoms with Gasteiger partial charge in [-0.05, 0) is 22.1 Å². The molecule has 0 amide bonds. The molecule has 6 nitrogen and oxygen atoms in total. The second-order valence-corrected chi connectivity index (χ2v) is 7.01. The van der Waals surface area contributed by atoms with Gasteiger partial charge in [-0.25, -0.2) is 4.68 Å². The zero-order chi connectivity index (χ0) is 16.6. The molecule has 3 rings (SSSR count). The lowest BCUT2D eigenvalue weighted by Gasteiger charge is -2.23. The monoisotopic (exact) mass is 329 g/mol. The summed E-state index contributed by atoms with van der Waals surface area (Å²) in [5.74, 6) is 0.374. The van der Waals surface area contributed by atoms with Gasteiger partial charge in [0.15, 0.2) is 5.78 Å². The van der Waals surface area contributed by atoms with Crippen molar-refractivity contribution in [1.82, 2.24) is 20.2 Å². The van der Waals surface area contributed by atoms with E-state index >= 15 is 0 Å². The number of nitrogens with zero attached hydrogens (tertiary/aromatic N) is 5. The van der Waals surface area contributed by atoms with Gasteiger partial charge in [0.05, 0.1) is 5.75 Å². The maximum absolute atomic E-state index is 12.4. The van der Waals surface area contributed by atoms with E-state index < -0.39 is 0 Å². The van der Waals surface area contributed by atoms with Crippen molar-refractivity contribution in [3.8, 4) is 0 Å². The number of carbonyl (C=O) groups is 1. The first-order chi connectivity index (χ1) is 10.9. The van der Waals surface area contributed by atoms with E-state index in [1.54, 1.807) is 17.8 Å². The van der Waals surface area contributed by atoms with E-state index in [-0.39, 0.29) is 11.2 Å². The number of likely N-dealkylation sites (N-methyl/N-ethyl adjacent to an activating group) is 1. The van der Waals surface area contributed by atoms with E-state index in [2.05, 4.69) is 46.4 Å². The van der Waals surface area contributed by atoms with Crippen LogP contribution in [0.4, 0.5) is 5.69 Å². The summed E-state index contributed by atoms with van der Waals surface area (Å²) in [7, 11) is 3.77. The lowest BCUT2D eigenvalue weighted by molar-refractivity contribution is -0.112. The number of hydrogen-bond acceptors (Lipinski definition) is 6. The summed E-state index contributed by atoms with van der Waals surface area (Å²) in [6, 6.07) is 8.27. The quantitative estimate of drug-likeness (QED) is 0.633. The Morgan fingerprint density at radius 1 is 1.30 bits per heavy atom. The predicted molar refractivity (Wildman–Crippen MR) is 90.5 cm³/mol. The molecule has 2 heterocycles. The van der Waals surface area contributed by atoms with Crippen LogP contribution in [-0.4, -0.2) is 38.8 Å². The van der Waals surface area contributed by atoms with Crippen molar-refractivity contribution < 1.29 is 4.79 Å². The van der Waals surface area contributed by atoms with Gasteiger partial charge in [0, 0.05) is 37.0 Å². The third-order valence-corrected chi connectivity index (χ3v) is 5.20. The van der Waals surface area contributed by atoms with Crippen molar-refractivity contribution in [2.24, 2.45) is 7.05 Å². The Morgan fingerprint density at radius 2 is 2.04 bits per heavy atom. The lowest BCUT2D eigenvalue weighted by Crippen LogP contribution is -2.24. The number of rotatable bonds is 4. The maximum Gasteiger partial charge on any atom is 0.209 e. The van der Waals surface area contributed by atoms with Crippen LogP contribution < -0.4 is 4.90 Å². The number of benzene rings is 1. The Labute approximate surface area is 139 Å². The van der Waals surface area contributed by atoms with Gasteiger partial charge in [0.25, 0.3) is 0 Å². The van der Waals surface area contributed by atoms with Gasteiger partial charge in [0.2, 0.25) is 5.16 Å². The van der Waals surface area contributed by atoms with Gasteiger partial charge in [-0.1, -0.05) is 43.8 Å². The molecule has 0 spiro atoms. The molecule has 0 fully saturated rings. The summed E-state index contributed by atoms with van der Waals surface area (Å²) < 4.78 is 1.56. The molecule has 1 aromatic heterocycles. The van der Waals surface area contributed by atoms with Gasteiger partial charge >= 0.3 is 0 Å². The highest BCUT2D eigenvalue weighted by Crippen LogP contribution is 2.46. The van der Waals surface area contributed by atoms with Crippen LogP contribution in [0.2, 0.25) is 0 Å². The average Bonchev–Trinajstić information content (AvgIpc) is 3.01. The predicted octanol–water partition coefficient (Wildman–Crippen LogP) is 2.18. The molecule has 23 heavy (non-hydrogen) atoms. The number of aryl methyl sites for hydroxylation is 1. The van der Waals surface area contributed by atoms with Crippen molar-refractivity contribution in [2.75, 3.05) is 17.7 Å². The van der Waals surface area contributed by atoms with Crippen LogP contribution in [0.5, 0.6) is 0 Å². The highest BCUT2D eigenvalue weighted by Gasteiger charge is 2.38. The summed E-state index contributed by atoms with van der Waals surface area (Å²) in [6.07, 6.45) is 1.75.